The first kappa shape index (κ1) is 12.6. The lowest BCUT2D eigenvalue weighted by molar-refractivity contribution is 0.774. The Morgan fingerprint density at radius 1 is 1.29 bits per heavy atom. The highest BCUT2D eigenvalue weighted by atomic mass is 35.5. The summed E-state index contributed by atoms with van der Waals surface area (Å²) in [5.41, 5.74) is 1.68. The van der Waals surface area contributed by atoms with Crippen LogP contribution in [0.2, 0.25) is 5.02 Å². The molecule has 0 fully saturated rings. The number of fused-ring (bicyclic) bond motifs is 2. The molecule has 0 spiro atoms. The van der Waals surface area contributed by atoms with E-state index in [0.717, 1.165) is 16.4 Å². The number of H-pyrrole nitrogens is 1. The summed E-state index contributed by atoms with van der Waals surface area (Å²) in [7, 11) is 0. The minimum absolute atomic E-state index is 0.0838. The Kier molecular flexibility index (Phi) is 2.83. The van der Waals surface area contributed by atoms with E-state index in [1.165, 1.54) is 11.3 Å². The van der Waals surface area contributed by atoms with Gasteiger partial charge in [0.05, 0.1) is 12.1 Å². The summed E-state index contributed by atoms with van der Waals surface area (Å²) in [4.78, 5) is 19.3. The third-order valence-corrected chi connectivity index (χ3v) is 4.56. The molecule has 4 rings (SSSR count). The maximum absolute atomic E-state index is 12.0. The lowest BCUT2D eigenvalue weighted by Crippen LogP contribution is -2.12. The summed E-state index contributed by atoms with van der Waals surface area (Å²) in [5, 5.41) is 3.68. The number of benzene rings is 1. The van der Waals surface area contributed by atoms with Gasteiger partial charge in [0.2, 0.25) is 0 Å². The lowest BCUT2D eigenvalue weighted by Gasteiger charge is -2.05. The van der Waals surface area contributed by atoms with Crippen molar-refractivity contribution >= 4 is 44.1 Å². The predicted molar refractivity (Wildman–Crippen MR) is 86.3 cm³/mol. The molecule has 0 amide bonds. The molecular formula is C15H10ClN3OS. The van der Waals surface area contributed by atoms with Crippen LogP contribution in [0, 0.1) is 0 Å². The summed E-state index contributed by atoms with van der Waals surface area (Å²) < 4.78 is 2.69. The maximum atomic E-state index is 12.0. The van der Waals surface area contributed by atoms with Crippen LogP contribution in [0.15, 0.2) is 46.7 Å². The molecule has 0 aliphatic rings. The molecule has 0 atom stereocenters. The molecule has 3 aromatic heterocycles. The highest BCUT2D eigenvalue weighted by Crippen LogP contribution is 2.21. The Hall–Kier alpha value is -2.11. The second kappa shape index (κ2) is 4.72. The van der Waals surface area contributed by atoms with Crippen LogP contribution < -0.4 is 5.56 Å². The molecule has 4 nitrogen and oxygen atoms in total. The van der Waals surface area contributed by atoms with Gasteiger partial charge in [0.15, 0.2) is 0 Å². The van der Waals surface area contributed by atoms with Crippen molar-refractivity contribution in [3.8, 4) is 0 Å². The van der Waals surface area contributed by atoms with Crippen LogP contribution in [0.5, 0.6) is 0 Å². The van der Waals surface area contributed by atoms with Crippen molar-refractivity contribution in [1.82, 2.24) is 14.5 Å². The number of nitrogens with zero attached hydrogens (tertiary/aromatic N) is 2. The van der Waals surface area contributed by atoms with Crippen LogP contribution in [0.4, 0.5) is 0 Å². The van der Waals surface area contributed by atoms with E-state index in [4.69, 9.17) is 11.6 Å². The van der Waals surface area contributed by atoms with Crippen molar-refractivity contribution in [3.63, 3.8) is 0 Å². The number of rotatable bonds is 2. The fraction of sp³-hybridized carbons (Fsp3) is 0.0667. The first-order chi connectivity index (χ1) is 10.2. The molecule has 104 valence electrons. The normalized spacial score (nSPS) is 11.5. The third-order valence-electron chi connectivity index (χ3n) is 3.42. The molecular weight excluding hydrogens is 306 g/mol. The van der Waals surface area contributed by atoms with Gasteiger partial charge in [-0.1, -0.05) is 17.7 Å². The zero-order valence-electron chi connectivity index (χ0n) is 10.8. The molecule has 0 bridgehead atoms. The van der Waals surface area contributed by atoms with Crippen LogP contribution in [0.25, 0.3) is 21.1 Å². The van der Waals surface area contributed by atoms with Gasteiger partial charge in [-0.15, -0.1) is 11.3 Å². The predicted octanol–water partition coefficient (Wildman–Crippen LogP) is 3.64. The zero-order chi connectivity index (χ0) is 14.4. The molecule has 1 N–H and O–H groups in total. The van der Waals surface area contributed by atoms with E-state index in [9.17, 15) is 4.79 Å². The van der Waals surface area contributed by atoms with Gasteiger partial charge in [0.25, 0.3) is 5.56 Å². The van der Waals surface area contributed by atoms with E-state index < -0.39 is 0 Å². The molecule has 0 saturated carbocycles. The van der Waals surface area contributed by atoms with Crippen molar-refractivity contribution in [2.45, 2.75) is 6.54 Å². The number of hydrogen-bond acceptors (Lipinski definition) is 3. The first-order valence-electron chi connectivity index (χ1n) is 6.41. The van der Waals surface area contributed by atoms with Crippen molar-refractivity contribution < 1.29 is 0 Å². The average molecular weight is 316 g/mol. The Bertz CT molecular complexity index is 1010. The van der Waals surface area contributed by atoms with Crippen LogP contribution in [0.1, 0.15) is 5.82 Å². The highest BCUT2D eigenvalue weighted by molar-refractivity contribution is 7.17. The van der Waals surface area contributed by atoms with E-state index in [1.54, 1.807) is 0 Å². The van der Waals surface area contributed by atoms with Crippen LogP contribution in [0.3, 0.4) is 0 Å². The summed E-state index contributed by atoms with van der Waals surface area (Å²) >= 11 is 7.46. The van der Waals surface area contributed by atoms with Crippen LogP contribution in [-0.4, -0.2) is 14.5 Å². The molecule has 0 aliphatic carbocycles. The topological polar surface area (TPSA) is 50.7 Å². The van der Waals surface area contributed by atoms with Gasteiger partial charge in [-0.25, -0.2) is 4.98 Å². The van der Waals surface area contributed by atoms with Crippen molar-refractivity contribution in [3.05, 3.63) is 63.1 Å². The van der Waals surface area contributed by atoms with Gasteiger partial charge in [-0.2, -0.15) is 0 Å². The minimum Gasteiger partial charge on any atom is -0.340 e. The van der Waals surface area contributed by atoms with Gasteiger partial charge >= 0.3 is 0 Å². The fourth-order valence-electron chi connectivity index (χ4n) is 2.45. The van der Waals surface area contributed by atoms with Gasteiger partial charge in [0, 0.05) is 16.7 Å². The summed E-state index contributed by atoms with van der Waals surface area (Å²) in [6.07, 6.45) is 1.97. The molecule has 1 aromatic carbocycles. The first-order valence-corrected chi connectivity index (χ1v) is 7.67. The molecule has 6 heteroatoms. The maximum Gasteiger partial charge on any atom is 0.268 e. The number of hydrogen-bond donors (Lipinski definition) is 1. The number of aromatic amines is 1. The summed E-state index contributed by atoms with van der Waals surface area (Å²) in [6.45, 7) is 0.505. The molecule has 21 heavy (non-hydrogen) atoms. The molecule has 4 aromatic rings. The second-order valence-corrected chi connectivity index (χ2v) is 6.15. The summed E-state index contributed by atoms with van der Waals surface area (Å²) in [5.74, 6) is 0.642. The van der Waals surface area contributed by atoms with E-state index in [-0.39, 0.29) is 5.56 Å². The SMILES string of the molecule is O=c1[nH]c(Cn2ccc3ccc(Cl)cc32)nc2ccsc12. The fourth-order valence-corrected chi connectivity index (χ4v) is 3.34. The van der Waals surface area contributed by atoms with Crippen molar-refractivity contribution in [2.75, 3.05) is 0 Å². The number of nitrogens with one attached hydrogen (secondary N) is 1. The average Bonchev–Trinajstić information content (AvgIpc) is 3.06. The minimum atomic E-state index is -0.0838. The monoisotopic (exact) mass is 315 g/mol. The van der Waals surface area contributed by atoms with Gasteiger partial charge in [0.1, 0.15) is 10.5 Å². The van der Waals surface area contributed by atoms with Gasteiger partial charge < -0.3 is 9.55 Å². The van der Waals surface area contributed by atoms with Crippen LogP contribution in [-0.2, 0) is 6.54 Å². The second-order valence-electron chi connectivity index (χ2n) is 4.79. The summed E-state index contributed by atoms with van der Waals surface area (Å²) in [6, 6.07) is 9.65. The molecule has 0 saturated heterocycles. The zero-order valence-corrected chi connectivity index (χ0v) is 12.4. The smallest absolute Gasteiger partial charge is 0.268 e. The van der Waals surface area contributed by atoms with Gasteiger partial charge in [-0.3, -0.25) is 4.79 Å². The lowest BCUT2D eigenvalue weighted by atomic mass is 10.2. The van der Waals surface area contributed by atoms with E-state index in [2.05, 4.69) is 9.97 Å². The number of halogens is 1. The quantitative estimate of drug-likeness (QED) is 0.614. The van der Waals surface area contributed by atoms with Crippen molar-refractivity contribution in [1.29, 1.82) is 0 Å². The van der Waals surface area contributed by atoms with Crippen LogP contribution >= 0.6 is 22.9 Å². The van der Waals surface area contributed by atoms with Crippen molar-refractivity contribution in [2.24, 2.45) is 0 Å². The Labute approximate surface area is 128 Å². The largest absolute Gasteiger partial charge is 0.340 e. The Morgan fingerprint density at radius 2 is 2.19 bits per heavy atom. The Balaban J connectivity index is 1.82. The van der Waals surface area contributed by atoms with Gasteiger partial charge in [-0.05, 0) is 35.0 Å². The number of thiophene rings is 1. The standard InChI is InChI=1S/C15H10ClN3OS/c16-10-2-1-9-3-5-19(12(9)7-10)8-13-17-11-4-6-21-14(11)15(20)18-13/h1-7H,8H2,(H,17,18,20). The number of aromatic nitrogens is 3. The van der Waals surface area contributed by atoms with E-state index in [0.29, 0.717) is 22.1 Å². The molecule has 0 aliphatic heterocycles. The van der Waals surface area contributed by atoms with E-state index >= 15 is 0 Å². The molecule has 0 unspecified atom stereocenters. The molecule has 3 heterocycles. The highest BCUT2D eigenvalue weighted by Gasteiger charge is 2.07. The van der Waals surface area contributed by atoms with E-state index in [1.807, 2.05) is 46.5 Å². The Morgan fingerprint density at radius 3 is 3.10 bits per heavy atom. The third kappa shape index (κ3) is 2.14. The molecule has 0 radical (unpaired) electrons.